The van der Waals surface area contributed by atoms with Gasteiger partial charge < -0.3 is 5.32 Å². The van der Waals surface area contributed by atoms with Crippen molar-refractivity contribution in [2.75, 3.05) is 6.54 Å². The quantitative estimate of drug-likeness (QED) is 0.871. The van der Waals surface area contributed by atoms with Crippen molar-refractivity contribution in [2.45, 2.75) is 12.5 Å². The minimum Gasteiger partial charge on any atom is -0.319 e. The van der Waals surface area contributed by atoms with E-state index in [-0.39, 0.29) is 18.5 Å². The Morgan fingerprint density at radius 3 is 2.88 bits per heavy atom. The second-order valence-electron chi connectivity index (χ2n) is 3.94. The fraction of sp³-hybridized carbons (Fsp3) is 0.273. The highest BCUT2D eigenvalue weighted by Crippen LogP contribution is 2.32. The Balaban J connectivity index is 2.32. The van der Waals surface area contributed by atoms with E-state index < -0.39 is 5.54 Å². The molecule has 1 atom stereocenters. The Kier molecular flexibility index (Phi) is 3.09. The molecule has 0 radical (unpaired) electrons. The number of carbonyl (C=O) groups excluding carboxylic acids is 2. The Bertz CT molecular complexity index is 486. The SMILES string of the molecule is C=C(Br)CN1C(=O)N[C@@](C)(c2cccs2)C1=O. The molecule has 17 heavy (non-hydrogen) atoms. The van der Waals surface area contributed by atoms with Crippen molar-refractivity contribution >= 4 is 39.2 Å². The zero-order valence-electron chi connectivity index (χ0n) is 9.20. The third-order valence-corrected chi connectivity index (χ3v) is 3.96. The number of hydrogen-bond donors (Lipinski definition) is 1. The van der Waals surface area contributed by atoms with Crippen molar-refractivity contribution < 1.29 is 9.59 Å². The number of nitrogens with zero attached hydrogens (tertiary/aromatic N) is 1. The number of thiophene rings is 1. The lowest BCUT2D eigenvalue weighted by atomic mass is 10.0. The first kappa shape index (κ1) is 12.3. The van der Waals surface area contributed by atoms with Gasteiger partial charge in [0.1, 0.15) is 0 Å². The van der Waals surface area contributed by atoms with Gasteiger partial charge in [-0.05, 0) is 18.4 Å². The molecule has 3 amide bonds. The number of rotatable bonds is 3. The molecule has 1 fully saturated rings. The minimum atomic E-state index is -0.951. The van der Waals surface area contributed by atoms with Crippen LogP contribution < -0.4 is 5.32 Å². The summed E-state index contributed by atoms with van der Waals surface area (Å²) < 4.78 is 0.594. The fourth-order valence-electron chi connectivity index (χ4n) is 1.74. The van der Waals surface area contributed by atoms with E-state index in [1.54, 1.807) is 6.92 Å². The van der Waals surface area contributed by atoms with E-state index in [0.29, 0.717) is 4.48 Å². The van der Waals surface area contributed by atoms with Crippen LogP contribution in [0.15, 0.2) is 28.6 Å². The van der Waals surface area contributed by atoms with Crippen molar-refractivity contribution in [3.05, 3.63) is 33.5 Å². The molecule has 0 aromatic carbocycles. The van der Waals surface area contributed by atoms with Crippen LogP contribution in [-0.2, 0) is 10.3 Å². The maximum absolute atomic E-state index is 12.3. The second kappa shape index (κ2) is 4.27. The largest absolute Gasteiger partial charge is 0.325 e. The van der Waals surface area contributed by atoms with E-state index in [2.05, 4.69) is 27.8 Å². The molecule has 1 saturated heterocycles. The van der Waals surface area contributed by atoms with E-state index >= 15 is 0 Å². The monoisotopic (exact) mass is 314 g/mol. The zero-order chi connectivity index (χ0) is 12.6. The van der Waals surface area contributed by atoms with Gasteiger partial charge in [-0.25, -0.2) is 4.79 Å². The topological polar surface area (TPSA) is 49.4 Å². The molecule has 90 valence electrons. The first-order chi connectivity index (χ1) is 7.95. The molecule has 1 aliphatic heterocycles. The van der Waals surface area contributed by atoms with Gasteiger partial charge in [0.15, 0.2) is 5.54 Å². The van der Waals surface area contributed by atoms with E-state index in [1.165, 1.54) is 11.3 Å². The van der Waals surface area contributed by atoms with Gasteiger partial charge in [-0.2, -0.15) is 0 Å². The summed E-state index contributed by atoms with van der Waals surface area (Å²) in [6.07, 6.45) is 0. The third kappa shape index (κ3) is 2.02. The van der Waals surface area contributed by atoms with Gasteiger partial charge >= 0.3 is 6.03 Å². The van der Waals surface area contributed by atoms with Crippen molar-refractivity contribution in [1.29, 1.82) is 0 Å². The maximum Gasteiger partial charge on any atom is 0.325 e. The summed E-state index contributed by atoms with van der Waals surface area (Å²) in [5.41, 5.74) is -0.951. The van der Waals surface area contributed by atoms with Crippen molar-refractivity contribution in [1.82, 2.24) is 10.2 Å². The van der Waals surface area contributed by atoms with Crippen molar-refractivity contribution in [2.24, 2.45) is 0 Å². The van der Waals surface area contributed by atoms with Gasteiger partial charge in [0.25, 0.3) is 5.91 Å². The summed E-state index contributed by atoms with van der Waals surface area (Å²) in [4.78, 5) is 26.0. The summed E-state index contributed by atoms with van der Waals surface area (Å²) in [7, 11) is 0. The summed E-state index contributed by atoms with van der Waals surface area (Å²) >= 11 is 4.61. The highest BCUT2D eigenvalue weighted by molar-refractivity contribution is 9.11. The number of nitrogens with one attached hydrogen (secondary N) is 1. The molecule has 1 aromatic rings. The predicted molar refractivity (Wildman–Crippen MR) is 70.0 cm³/mol. The Hall–Kier alpha value is -1.14. The normalized spacial score (nSPS) is 24.0. The van der Waals surface area contributed by atoms with Gasteiger partial charge in [-0.1, -0.05) is 28.6 Å². The van der Waals surface area contributed by atoms with Crippen LogP contribution in [0.4, 0.5) is 4.79 Å². The predicted octanol–water partition coefficient (Wildman–Crippen LogP) is 2.42. The molecular weight excluding hydrogens is 304 g/mol. The lowest BCUT2D eigenvalue weighted by Crippen LogP contribution is -2.40. The summed E-state index contributed by atoms with van der Waals surface area (Å²) in [6, 6.07) is 3.32. The first-order valence-electron chi connectivity index (χ1n) is 4.96. The molecule has 0 bridgehead atoms. The lowest BCUT2D eigenvalue weighted by Gasteiger charge is -2.19. The maximum atomic E-state index is 12.3. The molecular formula is C11H11BrN2O2S. The van der Waals surface area contributed by atoms with Gasteiger partial charge in [0, 0.05) is 9.36 Å². The van der Waals surface area contributed by atoms with Crippen LogP contribution in [0.2, 0.25) is 0 Å². The number of halogens is 1. The number of carbonyl (C=O) groups is 2. The van der Waals surface area contributed by atoms with E-state index in [1.807, 2.05) is 17.5 Å². The highest BCUT2D eigenvalue weighted by Gasteiger charge is 2.49. The van der Waals surface area contributed by atoms with E-state index in [9.17, 15) is 9.59 Å². The number of hydrogen-bond acceptors (Lipinski definition) is 3. The molecule has 0 spiro atoms. The molecule has 6 heteroatoms. The number of imide groups is 1. The highest BCUT2D eigenvalue weighted by atomic mass is 79.9. The standard InChI is InChI=1S/C11H11BrN2O2S/c1-7(12)6-14-9(15)11(2,13-10(14)16)8-4-3-5-17-8/h3-5H,1,6H2,2H3,(H,13,16)/t11-/m0/s1. The fourth-order valence-corrected chi connectivity index (χ4v) is 2.83. The molecule has 1 N–H and O–H groups in total. The van der Waals surface area contributed by atoms with Crippen molar-refractivity contribution in [3.8, 4) is 0 Å². The number of urea groups is 1. The van der Waals surface area contributed by atoms with Gasteiger partial charge in [0.2, 0.25) is 0 Å². The molecule has 4 nitrogen and oxygen atoms in total. The Labute approximate surface area is 111 Å². The van der Waals surface area contributed by atoms with Crippen LogP contribution >= 0.6 is 27.3 Å². The van der Waals surface area contributed by atoms with Gasteiger partial charge in [0.05, 0.1) is 6.54 Å². The van der Waals surface area contributed by atoms with Crippen LogP contribution in [0.1, 0.15) is 11.8 Å². The van der Waals surface area contributed by atoms with Crippen LogP contribution in [0, 0.1) is 0 Å². The average Bonchev–Trinajstić information content (AvgIpc) is 2.83. The Morgan fingerprint density at radius 2 is 2.35 bits per heavy atom. The van der Waals surface area contributed by atoms with Crippen LogP contribution in [0.3, 0.4) is 0 Å². The Morgan fingerprint density at radius 1 is 1.65 bits per heavy atom. The smallest absolute Gasteiger partial charge is 0.319 e. The number of amides is 3. The molecule has 2 heterocycles. The summed E-state index contributed by atoms with van der Waals surface area (Å²) in [5.74, 6) is -0.245. The van der Waals surface area contributed by atoms with Gasteiger partial charge in [-0.3, -0.25) is 9.69 Å². The van der Waals surface area contributed by atoms with Crippen LogP contribution in [0.25, 0.3) is 0 Å². The second-order valence-corrected chi connectivity index (χ2v) is 6.01. The first-order valence-corrected chi connectivity index (χ1v) is 6.64. The molecule has 2 rings (SSSR count). The third-order valence-electron chi connectivity index (χ3n) is 2.62. The average molecular weight is 315 g/mol. The van der Waals surface area contributed by atoms with Gasteiger partial charge in [-0.15, -0.1) is 11.3 Å². The summed E-state index contributed by atoms with van der Waals surface area (Å²) in [5, 5.41) is 4.60. The molecule has 0 aliphatic carbocycles. The molecule has 0 saturated carbocycles. The molecule has 0 unspecified atom stereocenters. The lowest BCUT2D eigenvalue weighted by molar-refractivity contribution is -0.130. The van der Waals surface area contributed by atoms with Crippen LogP contribution in [0.5, 0.6) is 0 Å². The minimum absolute atomic E-state index is 0.186. The van der Waals surface area contributed by atoms with E-state index in [0.717, 1.165) is 9.78 Å². The van der Waals surface area contributed by atoms with E-state index in [4.69, 9.17) is 0 Å². The molecule has 1 aromatic heterocycles. The molecule has 1 aliphatic rings. The summed E-state index contributed by atoms with van der Waals surface area (Å²) in [6.45, 7) is 5.55. The van der Waals surface area contributed by atoms with Crippen LogP contribution in [-0.4, -0.2) is 23.4 Å². The van der Waals surface area contributed by atoms with Crippen molar-refractivity contribution in [3.63, 3.8) is 0 Å². The zero-order valence-corrected chi connectivity index (χ0v) is 11.6.